The summed E-state index contributed by atoms with van der Waals surface area (Å²) in [4.78, 5) is 34.0. The highest BCUT2D eigenvalue weighted by Gasteiger charge is 2.16. The van der Waals surface area contributed by atoms with Crippen LogP contribution >= 0.6 is 0 Å². The lowest BCUT2D eigenvalue weighted by molar-refractivity contribution is -0.127. The molecule has 0 aliphatic heterocycles. The highest BCUT2D eigenvalue weighted by Crippen LogP contribution is 2.27. The molecule has 0 aliphatic rings. The second-order valence-electron chi connectivity index (χ2n) is 4.06. The lowest BCUT2D eigenvalue weighted by Crippen LogP contribution is -2.31. The van der Waals surface area contributed by atoms with Crippen LogP contribution in [0, 0.1) is 0 Å². The van der Waals surface area contributed by atoms with Gasteiger partial charge in [-0.05, 0) is 30.7 Å². The molecule has 2 amide bonds. The van der Waals surface area contributed by atoms with Crippen molar-refractivity contribution in [3.05, 3.63) is 29.3 Å². The normalized spacial score (nSPS) is 10.8. The first-order valence-electron chi connectivity index (χ1n) is 5.76. The van der Waals surface area contributed by atoms with Gasteiger partial charge in [-0.2, -0.15) is 0 Å². The van der Waals surface area contributed by atoms with Crippen LogP contribution < -0.4 is 10.1 Å². The Morgan fingerprint density at radius 3 is 2.40 bits per heavy atom. The minimum atomic E-state index is -0.767. The van der Waals surface area contributed by atoms with Gasteiger partial charge in [-0.3, -0.25) is 19.7 Å². The van der Waals surface area contributed by atoms with Crippen LogP contribution in [0.15, 0.2) is 23.8 Å². The third kappa shape index (κ3) is 3.94. The molecule has 20 heavy (non-hydrogen) atoms. The van der Waals surface area contributed by atoms with Crippen molar-refractivity contribution in [2.24, 2.45) is 0 Å². The Labute approximate surface area is 116 Å². The molecule has 0 radical (unpaired) electrons. The predicted octanol–water partition coefficient (Wildman–Crippen LogP) is 1.04. The molecule has 1 rings (SSSR count). The van der Waals surface area contributed by atoms with E-state index < -0.39 is 17.6 Å². The molecule has 0 fully saturated rings. The maximum absolute atomic E-state index is 11.7. The standard InChI is InChI=1S/C14H15NO5/c1-8(16)11(14(19)15-9(2)17)6-10-4-5-12(18)13(7-10)20-3/h4-7,18H,1-3H3,(H,15,17,19)/b11-6-. The number of imide groups is 1. The van der Waals surface area contributed by atoms with Crippen molar-refractivity contribution in [1.82, 2.24) is 5.32 Å². The SMILES string of the molecule is COc1cc(/C=C(/C(C)=O)C(=O)NC(C)=O)ccc1O. The average molecular weight is 277 g/mol. The van der Waals surface area contributed by atoms with Crippen LogP contribution in [0.1, 0.15) is 19.4 Å². The smallest absolute Gasteiger partial charge is 0.261 e. The van der Waals surface area contributed by atoms with E-state index in [9.17, 15) is 19.5 Å². The summed E-state index contributed by atoms with van der Waals surface area (Å²) in [6, 6.07) is 4.37. The van der Waals surface area contributed by atoms with Crippen molar-refractivity contribution >= 4 is 23.7 Å². The molecular formula is C14H15NO5. The van der Waals surface area contributed by atoms with Gasteiger partial charge >= 0.3 is 0 Å². The van der Waals surface area contributed by atoms with Crippen molar-refractivity contribution in [2.45, 2.75) is 13.8 Å². The Balaban J connectivity index is 3.17. The molecule has 6 nitrogen and oxygen atoms in total. The molecule has 2 N–H and O–H groups in total. The molecule has 0 saturated heterocycles. The van der Waals surface area contributed by atoms with E-state index in [1.807, 2.05) is 5.32 Å². The van der Waals surface area contributed by atoms with Gasteiger partial charge in [0.2, 0.25) is 5.91 Å². The quantitative estimate of drug-likeness (QED) is 0.487. The third-order valence-electron chi connectivity index (χ3n) is 2.43. The fourth-order valence-electron chi connectivity index (χ4n) is 1.50. The van der Waals surface area contributed by atoms with Gasteiger partial charge in [-0.25, -0.2) is 0 Å². The first kappa shape index (κ1) is 15.4. The summed E-state index contributed by atoms with van der Waals surface area (Å²) in [7, 11) is 1.39. The minimum absolute atomic E-state index is 0.0535. The fourth-order valence-corrected chi connectivity index (χ4v) is 1.50. The van der Waals surface area contributed by atoms with E-state index in [-0.39, 0.29) is 17.1 Å². The van der Waals surface area contributed by atoms with Gasteiger partial charge in [0.25, 0.3) is 5.91 Å². The van der Waals surface area contributed by atoms with Gasteiger partial charge in [0.05, 0.1) is 12.7 Å². The number of amides is 2. The molecule has 6 heteroatoms. The van der Waals surface area contributed by atoms with Crippen LogP contribution in [-0.4, -0.2) is 29.8 Å². The Morgan fingerprint density at radius 1 is 1.25 bits per heavy atom. The average Bonchev–Trinajstić information content (AvgIpc) is 2.36. The molecule has 0 heterocycles. The number of rotatable bonds is 4. The van der Waals surface area contributed by atoms with Gasteiger partial charge in [-0.15, -0.1) is 0 Å². The van der Waals surface area contributed by atoms with Crippen molar-refractivity contribution in [3.63, 3.8) is 0 Å². The summed E-state index contributed by atoms with van der Waals surface area (Å²) in [5.74, 6) is -1.63. The molecule has 0 unspecified atom stereocenters. The van der Waals surface area contributed by atoms with Crippen molar-refractivity contribution in [1.29, 1.82) is 0 Å². The van der Waals surface area contributed by atoms with E-state index in [1.54, 1.807) is 0 Å². The molecule has 0 bridgehead atoms. The highest BCUT2D eigenvalue weighted by molar-refractivity contribution is 6.24. The van der Waals surface area contributed by atoms with Gasteiger partial charge < -0.3 is 9.84 Å². The topological polar surface area (TPSA) is 92.7 Å². The Bertz CT molecular complexity index is 589. The zero-order chi connectivity index (χ0) is 15.3. The Morgan fingerprint density at radius 2 is 1.90 bits per heavy atom. The van der Waals surface area contributed by atoms with Crippen molar-refractivity contribution in [3.8, 4) is 11.5 Å². The van der Waals surface area contributed by atoms with Crippen LogP contribution in [0.25, 0.3) is 6.08 Å². The van der Waals surface area contributed by atoms with E-state index in [4.69, 9.17) is 4.74 Å². The fraction of sp³-hybridized carbons (Fsp3) is 0.214. The van der Waals surface area contributed by atoms with E-state index in [1.165, 1.54) is 45.2 Å². The van der Waals surface area contributed by atoms with Gasteiger partial charge in [0.1, 0.15) is 0 Å². The van der Waals surface area contributed by atoms with Crippen LogP contribution in [0.5, 0.6) is 11.5 Å². The maximum atomic E-state index is 11.7. The molecule has 0 spiro atoms. The molecule has 0 aromatic heterocycles. The number of ether oxygens (including phenoxy) is 1. The summed E-state index contributed by atoms with van der Waals surface area (Å²) in [5, 5.41) is 11.5. The third-order valence-corrected chi connectivity index (χ3v) is 2.43. The highest BCUT2D eigenvalue weighted by atomic mass is 16.5. The molecule has 1 aromatic rings. The first-order valence-corrected chi connectivity index (χ1v) is 5.76. The maximum Gasteiger partial charge on any atom is 0.261 e. The van der Waals surface area contributed by atoms with Crippen LogP contribution in [0.2, 0.25) is 0 Å². The van der Waals surface area contributed by atoms with Gasteiger partial charge in [0, 0.05) is 6.92 Å². The number of ketones is 1. The number of hydrogen-bond acceptors (Lipinski definition) is 5. The summed E-state index contributed by atoms with van der Waals surface area (Å²) in [6.45, 7) is 2.41. The number of phenols is 1. The molecular weight excluding hydrogens is 262 g/mol. The van der Waals surface area contributed by atoms with E-state index in [0.717, 1.165) is 0 Å². The van der Waals surface area contributed by atoms with E-state index >= 15 is 0 Å². The summed E-state index contributed by atoms with van der Waals surface area (Å²) in [6.07, 6.45) is 1.32. The van der Waals surface area contributed by atoms with Gasteiger partial charge in [0.15, 0.2) is 17.3 Å². The second-order valence-corrected chi connectivity index (χ2v) is 4.06. The largest absolute Gasteiger partial charge is 0.504 e. The number of aromatic hydroxyl groups is 1. The molecule has 106 valence electrons. The monoisotopic (exact) mass is 277 g/mol. The van der Waals surface area contributed by atoms with E-state index in [2.05, 4.69) is 0 Å². The van der Waals surface area contributed by atoms with Crippen LogP contribution in [0.4, 0.5) is 0 Å². The Kier molecular flexibility index (Phi) is 5.02. The predicted molar refractivity (Wildman–Crippen MR) is 72.1 cm³/mol. The number of phenolic OH excluding ortho intramolecular Hbond substituents is 1. The zero-order valence-corrected chi connectivity index (χ0v) is 11.4. The number of carbonyl (C=O) groups excluding carboxylic acids is 3. The van der Waals surface area contributed by atoms with E-state index in [0.29, 0.717) is 5.56 Å². The molecule has 0 aliphatic carbocycles. The Hall–Kier alpha value is -2.63. The number of nitrogens with one attached hydrogen (secondary N) is 1. The minimum Gasteiger partial charge on any atom is -0.504 e. The molecule has 0 saturated carbocycles. The lowest BCUT2D eigenvalue weighted by Gasteiger charge is -2.06. The van der Waals surface area contributed by atoms with Crippen molar-refractivity contribution < 1.29 is 24.2 Å². The summed E-state index contributed by atoms with van der Waals surface area (Å²) in [5.41, 5.74) is 0.330. The first-order chi connectivity index (χ1) is 9.35. The number of methoxy groups -OCH3 is 1. The summed E-state index contributed by atoms with van der Waals surface area (Å²) < 4.78 is 4.93. The van der Waals surface area contributed by atoms with Crippen molar-refractivity contribution in [2.75, 3.05) is 7.11 Å². The summed E-state index contributed by atoms with van der Waals surface area (Å²) >= 11 is 0. The number of carbonyl (C=O) groups is 3. The number of hydrogen-bond donors (Lipinski definition) is 2. The van der Waals surface area contributed by atoms with Crippen LogP contribution in [-0.2, 0) is 14.4 Å². The lowest BCUT2D eigenvalue weighted by atomic mass is 10.1. The molecule has 0 atom stereocenters. The number of benzene rings is 1. The van der Waals surface area contributed by atoms with Crippen LogP contribution in [0.3, 0.4) is 0 Å². The van der Waals surface area contributed by atoms with Gasteiger partial charge in [-0.1, -0.05) is 6.07 Å². The number of Topliss-reactive ketones (excluding diaryl/α,β-unsaturated/α-hetero) is 1. The zero-order valence-electron chi connectivity index (χ0n) is 11.4. The molecule has 1 aromatic carbocycles. The second kappa shape index (κ2) is 6.51.